The lowest BCUT2D eigenvalue weighted by Gasteiger charge is -2.27. The van der Waals surface area contributed by atoms with Gasteiger partial charge in [-0.2, -0.15) is 0 Å². The van der Waals surface area contributed by atoms with Crippen LogP contribution in [0.4, 0.5) is 0 Å². The van der Waals surface area contributed by atoms with Crippen LogP contribution in [0.1, 0.15) is 39.5 Å². The van der Waals surface area contributed by atoms with Crippen LogP contribution in [-0.2, 0) is 0 Å². The van der Waals surface area contributed by atoms with E-state index in [-0.39, 0.29) is 6.10 Å². The third-order valence-electron chi connectivity index (χ3n) is 3.44. The number of aliphatic hydroxyl groups is 1. The fourth-order valence-electron chi connectivity index (χ4n) is 2.78. The molecule has 0 saturated heterocycles. The summed E-state index contributed by atoms with van der Waals surface area (Å²) in [6, 6.07) is 0.705. The summed E-state index contributed by atoms with van der Waals surface area (Å²) >= 11 is 0. The Morgan fingerprint density at radius 2 is 2.19 bits per heavy atom. The molecule has 0 aromatic carbocycles. The van der Waals surface area contributed by atoms with Gasteiger partial charge in [-0.3, -0.25) is 0 Å². The van der Waals surface area contributed by atoms with E-state index in [0.717, 1.165) is 25.6 Å². The molecule has 1 saturated carbocycles. The maximum Gasteiger partial charge on any atom is 0.0638 e. The largest absolute Gasteiger partial charge is 0.392 e. The van der Waals surface area contributed by atoms with Crippen molar-refractivity contribution in [2.45, 2.75) is 51.7 Å². The number of hydrogen-bond donors (Lipinski definition) is 2. The topological polar surface area (TPSA) is 35.5 Å². The molecule has 0 heterocycles. The molecule has 1 aliphatic carbocycles. The van der Waals surface area contributed by atoms with Gasteiger partial charge in [-0.1, -0.05) is 13.3 Å². The van der Waals surface area contributed by atoms with E-state index in [1.807, 2.05) is 6.92 Å². The Kier molecular flexibility index (Phi) is 6.32. The van der Waals surface area contributed by atoms with E-state index < -0.39 is 0 Å². The van der Waals surface area contributed by atoms with Gasteiger partial charge in [0, 0.05) is 19.1 Å². The maximum absolute atomic E-state index is 9.35. The monoisotopic (exact) mass is 228 g/mol. The van der Waals surface area contributed by atoms with Crippen molar-refractivity contribution in [3.63, 3.8) is 0 Å². The Morgan fingerprint density at radius 3 is 2.81 bits per heavy atom. The second-order valence-electron chi connectivity index (χ2n) is 5.32. The summed E-state index contributed by atoms with van der Waals surface area (Å²) in [6.07, 6.45) is 5.02. The molecule has 16 heavy (non-hydrogen) atoms. The third kappa shape index (κ3) is 4.81. The molecule has 0 spiro atoms. The van der Waals surface area contributed by atoms with Crippen molar-refractivity contribution in [3.8, 4) is 0 Å². The van der Waals surface area contributed by atoms with Gasteiger partial charge in [-0.25, -0.2) is 0 Å². The van der Waals surface area contributed by atoms with Gasteiger partial charge in [0.05, 0.1) is 6.10 Å². The smallest absolute Gasteiger partial charge is 0.0638 e. The predicted octanol–water partition coefficient (Wildman–Crippen LogP) is 1.47. The Hall–Kier alpha value is -0.120. The molecule has 0 aromatic rings. The van der Waals surface area contributed by atoms with Crippen molar-refractivity contribution in [2.75, 3.05) is 26.7 Å². The first-order valence-corrected chi connectivity index (χ1v) is 6.73. The molecule has 1 aliphatic rings. The van der Waals surface area contributed by atoms with E-state index >= 15 is 0 Å². The highest BCUT2D eigenvalue weighted by molar-refractivity contribution is 4.84. The summed E-state index contributed by atoms with van der Waals surface area (Å²) in [7, 11) is 2.11. The molecule has 0 amide bonds. The van der Waals surface area contributed by atoms with Gasteiger partial charge in [-0.05, 0) is 45.7 Å². The molecule has 3 heteroatoms. The minimum absolute atomic E-state index is 0.214. The second-order valence-corrected chi connectivity index (χ2v) is 5.32. The summed E-state index contributed by atoms with van der Waals surface area (Å²) in [4.78, 5) is 2.27. The number of likely N-dealkylation sites (N-methyl/N-ethyl adjacent to an activating group) is 1. The molecule has 2 N–H and O–H groups in total. The zero-order valence-corrected chi connectivity index (χ0v) is 11.1. The molecule has 0 radical (unpaired) electrons. The van der Waals surface area contributed by atoms with Crippen molar-refractivity contribution < 1.29 is 5.11 Å². The van der Waals surface area contributed by atoms with Gasteiger partial charge in [-0.15, -0.1) is 0 Å². The van der Waals surface area contributed by atoms with Crippen LogP contribution in [0, 0.1) is 5.92 Å². The molecule has 0 aromatic heterocycles. The SMILES string of the molecule is CCCNC1CCCC1CN(C)CC(C)O. The summed E-state index contributed by atoms with van der Waals surface area (Å²) in [6.45, 7) is 7.12. The van der Waals surface area contributed by atoms with Crippen molar-refractivity contribution >= 4 is 0 Å². The first-order valence-electron chi connectivity index (χ1n) is 6.73. The van der Waals surface area contributed by atoms with Crippen molar-refractivity contribution in [1.82, 2.24) is 10.2 Å². The normalized spacial score (nSPS) is 27.6. The Balaban J connectivity index is 2.28. The van der Waals surface area contributed by atoms with E-state index in [9.17, 15) is 5.11 Å². The van der Waals surface area contributed by atoms with Gasteiger partial charge >= 0.3 is 0 Å². The highest BCUT2D eigenvalue weighted by atomic mass is 16.3. The predicted molar refractivity (Wildman–Crippen MR) is 68.6 cm³/mol. The Labute approximate surface area is 100 Å². The average Bonchev–Trinajstić information content (AvgIpc) is 2.61. The van der Waals surface area contributed by atoms with Crippen LogP contribution in [0.5, 0.6) is 0 Å². The zero-order chi connectivity index (χ0) is 12.0. The van der Waals surface area contributed by atoms with E-state index in [4.69, 9.17) is 0 Å². The van der Waals surface area contributed by atoms with Crippen LogP contribution >= 0.6 is 0 Å². The average molecular weight is 228 g/mol. The fourth-order valence-corrected chi connectivity index (χ4v) is 2.78. The van der Waals surface area contributed by atoms with Gasteiger partial charge in [0.1, 0.15) is 0 Å². The van der Waals surface area contributed by atoms with Crippen LogP contribution < -0.4 is 5.32 Å². The molecule has 96 valence electrons. The minimum Gasteiger partial charge on any atom is -0.392 e. The number of rotatable bonds is 7. The van der Waals surface area contributed by atoms with E-state index in [0.29, 0.717) is 6.04 Å². The quantitative estimate of drug-likeness (QED) is 0.692. The molecular weight excluding hydrogens is 200 g/mol. The number of aliphatic hydroxyl groups excluding tert-OH is 1. The fraction of sp³-hybridized carbons (Fsp3) is 1.00. The van der Waals surface area contributed by atoms with Crippen molar-refractivity contribution in [3.05, 3.63) is 0 Å². The van der Waals surface area contributed by atoms with Gasteiger partial charge < -0.3 is 15.3 Å². The number of hydrogen-bond acceptors (Lipinski definition) is 3. The van der Waals surface area contributed by atoms with Crippen LogP contribution in [0.15, 0.2) is 0 Å². The molecule has 1 rings (SSSR count). The summed E-state index contributed by atoms with van der Waals surface area (Å²) in [5.74, 6) is 0.773. The first kappa shape index (κ1) is 13.9. The highest BCUT2D eigenvalue weighted by Crippen LogP contribution is 2.26. The van der Waals surface area contributed by atoms with Crippen LogP contribution in [0.25, 0.3) is 0 Å². The van der Waals surface area contributed by atoms with Gasteiger partial charge in [0.25, 0.3) is 0 Å². The first-order chi connectivity index (χ1) is 7.63. The molecule has 0 bridgehead atoms. The van der Waals surface area contributed by atoms with Crippen molar-refractivity contribution in [1.29, 1.82) is 0 Å². The standard InChI is InChI=1S/C13H28N2O/c1-4-8-14-13-7-5-6-12(13)10-15(3)9-11(2)16/h11-14,16H,4-10H2,1-3H3. The number of nitrogens with zero attached hydrogens (tertiary/aromatic N) is 1. The molecule has 3 atom stereocenters. The summed E-state index contributed by atoms with van der Waals surface area (Å²) in [5, 5.41) is 13.0. The van der Waals surface area contributed by atoms with Crippen molar-refractivity contribution in [2.24, 2.45) is 5.92 Å². The van der Waals surface area contributed by atoms with Crippen LogP contribution in [-0.4, -0.2) is 48.8 Å². The van der Waals surface area contributed by atoms with E-state index in [1.54, 1.807) is 0 Å². The maximum atomic E-state index is 9.35. The lowest BCUT2D eigenvalue weighted by atomic mass is 10.0. The molecule has 1 fully saturated rings. The molecular formula is C13H28N2O. The van der Waals surface area contributed by atoms with Crippen LogP contribution in [0.3, 0.4) is 0 Å². The summed E-state index contributed by atoms with van der Waals surface area (Å²) in [5.41, 5.74) is 0. The number of nitrogens with one attached hydrogen (secondary N) is 1. The minimum atomic E-state index is -0.214. The van der Waals surface area contributed by atoms with Gasteiger partial charge in [0.15, 0.2) is 0 Å². The third-order valence-corrected chi connectivity index (χ3v) is 3.44. The Morgan fingerprint density at radius 1 is 1.44 bits per heavy atom. The van der Waals surface area contributed by atoms with E-state index in [2.05, 4.69) is 24.2 Å². The summed E-state index contributed by atoms with van der Waals surface area (Å²) < 4.78 is 0. The molecule has 3 unspecified atom stereocenters. The van der Waals surface area contributed by atoms with Gasteiger partial charge in [0.2, 0.25) is 0 Å². The molecule has 0 aliphatic heterocycles. The second kappa shape index (κ2) is 7.25. The molecule has 3 nitrogen and oxygen atoms in total. The Bertz CT molecular complexity index is 185. The van der Waals surface area contributed by atoms with E-state index in [1.165, 1.54) is 25.7 Å². The van der Waals surface area contributed by atoms with Crippen LogP contribution in [0.2, 0.25) is 0 Å². The lowest BCUT2D eigenvalue weighted by Crippen LogP contribution is -2.40. The lowest BCUT2D eigenvalue weighted by molar-refractivity contribution is 0.128. The zero-order valence-electron chi connectivity index (χ0n) is 11.1. The highest BCUT2D eigenvalue weighted by Gasteiger charge is 2.27.